The average Bonchev–Trinajstić information content (AvgIpc) is 2.90. The molecule has 0 spiro atoms. The van der Waals surface area contributed by atoms with Crippen molar-refractivity contribution >= 4 is 0 Å². The molecule has 2 fully saturated rings. The highest BCUT2D eigenvalue weighted by atomic mass is 19.1. The third kappa shape index (κ3) is 2.29. The molecule has 14 heavy (non-hydrogen) atoms. The van der Waals surface area contributed by atoms with E-state index in [1.165, 1.54) is 0 Å². The van der Waals surface area contributed by atoms with E-state index in [2.05, 4.69) is 10.1 Å². The number of hydrogen-bond acceptors (Lipinski definition) is 3. The zero-order chi connectivity index (χ0) is 10.0. The van der Waals surface area contributed by atoms with Crippen LogP contribution in [0.4, 0.5) is 4.39 Å². The highest BCUT2D eigenvalue weighted by Gasteiger charge is 2.44. The molecule has 0 aromatic carbocycles. The molecule has 0 atom stereocenters. The summed E-state index contributed by atoms with van der Waals surface area (Å²) in [6.07, 6.45) is 2.95. The molecule has 80 valence electrons. The van der Waals surface area contributed by atoms with Crippen LogP contribution in [-0.4, -0.2) is 37.3 Å². The summed E-state index contributed by atoms with van der Waals surface area (Å²) in [5.74, 6) is 0. The summed E-state index contributed by atoms with van der Waals surface area (Å²) in [5.41, 5.74) is 0.172. The minimum Gasteiger partial charge on any atom is -0.302 e. The van der Waals surface area contributed by atoms with Crippen molar-refractivity contribution in [3.05, 3.63) is 4.91 Å². The second kappa shape index (κ2) is 3.93. The molecule has 1 saturated heterocycles. The first-order chi connectivity index (χ1) is 6.74. The first kappa shape index (κ1) is 10.0. The summed E-state index contributed by atoms with van der Waals surface area (Å²) in [6, 6.07) is 0. The Bertz CT molecular complexity index is 210. The van der Waals surface area contributed by atoms with Crippen LogP contribution in [-0.2, 0) is 0 Å². The Hall–Kier alpha value is -0.510. The largest absolute Gasteiger partial charge is 0.302 e. The van der Waals surface area contributed by atoms with Crippen LogP contribution in [0.2, 0.25) is 0 Å². The lowest BCUT2D eigenvalue weighted by Crippen LogP contribution is -2.39. The van der Waals surface area contributed by atoms with Gasteiger partial charge in [0, 0.05) is 25.0 Å². The first-order valence-corrected chi connectivity index (χ1v) is 5.40. The number of halogens is 1. The Morgan fingerprint density at radius 1 is 1.36 bits per heavy atom. The maximum absolute atomic E-state index is 12.9. The monoisotopic (exact) mass is 200 g/mol. The molecule has 2 rings (SSSR count). The number of rotatable bonds is 4. The number of hydrogen-bond donors (Lipinski definition) is 0. The molecule has 0 aromatic heterocycles. The summed E-state index contributed by atoms with van der Waals surface area (Å²) in [5, 5.41) is 3.00. The zero-order valence-electron chi connectivity index (χ0n) is 8.41. The molecule has 1 aliphatic carbocycles. The van der Waals surface area contributed by atoms with Gasteiger partial charge in [-0.3, -0.25) is 0 Å². The molecule has 2 aliphatic rings. The molecule has 1 saturated carbocycles. The van der Waals surface area contributed by atoms with Crippen molar-refractivity contribution in [2.24, 2.45) is 10.6 Å². The predicted octanol–water partition coefficient (Wildman–Crippen LogP) is 1.97. The van der Waals surface area contributed by atoms with Gasteiger partial charge in [-0.05, 0) is 25.7 Å². The third-order valence-corrected chi connectivity index (χ3v) is 3.43. The molecule has 0 amide bonds. The fourth-order valence-electron chi connectivity index (χ4n) is 2.21. The Kier molecular flexibility index (Phi) is 2.81. The molecular weight excluding hydrogens is 183 g/mol. The van der Waals surface area contributed by atoms with E-state index >= 15 is 0 Å². The topological polar surface area (TPSA) is 32.7 Å². The van der Waals surface area contributed by atoms with E-state index < -0.39 is 6.17 Å². The minimum absolute atomic E-state index is 0.172. The van der Waals surface area contributed by atoms with Gasteiger partial charge in [0.1, 0.15) is 6.17 Å². The molecule has 0 aromatic rings. The molecule has 0 N–H and O–H groups in total. The summed E-state index contributed by atoms with van der Waals surface area (Å²) in [7, 11) is 0. The molecule has 1 heterocycles. The maximum Gasteiger partial charge on any atom is 0.103 e. The molecule has 0 unspecified atom stereocenters. The maximum atomic E-state index is 12.9. The molecule has 3 nitrogen and oxygen atoms in total. The molecule has 4 heteroatoms. The van der Waals surface area contributed by atoms with Crippen molar-refractivity contribution in [3.63, 3.8) is 0 Å². The lowest BCUT2D eigenvalue weighted by Gasteiger charge is -2.31. The summed E-state index contributed by atoms with van der Waals surface area (Å²) >= 11 is 0. The molecule has 1 aliphatic heterocycles. The summed E-state index contributed by atoms with van der Waals surface area (Å²) in [6.45, 7) is 3.09. The lowest BCUT2D eigenvalue weighted by molar-refractivity contribution is 0.130. The zero-order valence-corrected chi connectivity index (χ0v) is 8.41. The quantitative estimate of drug-likeness (QED) is 0.650. The Morgan fingerprint density at radius 2 is 2.00 bits per heavy atom. The van der Waals surface area contributed by atoms with Gasteiger partial charge in [-0.15, -0.1) is 0 Å². The van der Waals surface area contributed by atoms with Gasteiger partial charge < -0.3 is 4.90 Å². The van der Waals surface area contributed by atoms with Crippen LogP contribution < -0.4 is 0 Å². The van der Waals surface area contributed by atoms with Crippen LogP contribution in [0.15, 0.2) is 5.18 Å². The summed E-state index contributed by atoms with van der Waals surface area (Å²) < 4.78 is 12.9. The van der Waals surface area contributed by atoms with Gasteiger partial charge in [0.2, 0.25) is 0 Å². The van der Waals surface area contributed by atoms with Crippen LogP contribution in [0.25, 0.3) is 0 Å². The van der Waals surface area contributed by atoms with Crippen molar-refractivity contribution in [2.75, 3.05) is 26.2 Å². The SMILES string of the molecule is O=NCC1(CN2CCC(F)CC2)CC1. The van der Waals surface area contributed by atoms with Crippen molar-refractivity contribution in [1.82, 2.24) is 4.90 Å². The van der Waals surface area contributed by atoms with Crippen LogP contribution >= 0.6 is 0 Å². The van der Waals surface area contributed by atoms with Crippen molar-refractivity contribution in [3.8, 4) is 0 Å². The van der Waals surface area contributed by atoms with Gasteiger partial charge in [0.25, 0.3) is 0 Å². The Morgan fingerprint density at radius 3 is 2.50 bits per heavy atom. The van der Waals surface area contributed by atoms with E-state index in [1.807, 2.05) is 0 Å². The number of piperidine rings is 1. The van der Waals surface area contributed by atoms with E-state index in [0.29, 0.717) is 19.4 Å². The normalized spacial score (nSPS) is 27.5. The van der Waals surface area contributed by atoms with E-state index in [4.69, 9.17) is 0 Å². The van der Waals surface area contributed by atoms with E-state index in [1.54, 1.807) is 0 Å². The highest BCUT2D eigenvalue weighted by Crippen LogP contribution is 2.46. The van der Waals surface area contributed by atoms with Crippen LogP contribution in [0, 0.1) is 10.3 Å². The number of likely N-dealkylation sites (tertiary alicyclic amines) is 1. The number of alkyl halides is 1. The van der Waals surface area contributed by atoms with Crippen molar-refractivity contribution in [1.29, 1.82) is 0 Å². The second-order valence-electron chi connectivity index (χ2n) is 4.74. The van der Waals surface area contributed by atoms with Gasteiger partial charge in [-0.1, -0.05) is 5.18 Å². The van der Waals surface area contributed by atoms with E-state index in [9.17, 15) is 9.30 Å². The fourth-order valence-corrected chi connectivity index (χ4v) is 2.21. The van der Waals surface area contributed by atoms with E-state index in [0.717, 1.165) is 32.5 Å². The number of nitroso groups, excluding NO2 is 1. The molecule has 0 radical (unpaired) electrons. The standard InChI is InChI=1S/C10H17FN2O/c11-9-1-5-13(6-2-9)8-10(3-4-10)7-12-14/h9H,1-8H2. The molecule has 0 bridgehead atoms. The Balaban J connectivity index is 1.77. The van der Waals surface area contributed by atoms with Gasteiger partial charge in [-0.2, -0.15) is 4.91 Å². The minimum atomic E-state index is -0.606. The third-order valence-electron chi connectivity index (χ3n) is 3.43. The smallest absolute Gasteiger partial charge is 0.103 e. The van der Waals surface area contributed by atoms with Gasteiger partial charge in [0.05, 0.1) is 6.54 Å². The van der Waals surface area contributed by atoms with Gasteiger partial charge in [0.15, 0.2) is 0 Å². The summed E-state index contributed by atoms with van der Waals surface area (Å²) in [4.78, 5) is 12.5. The van der Waals surface area contributed by atoms with Crippen molar-refractivity contribution < 1.29 is 4.39 Å². The van der Waals surface area contributed by atoms with Gasteiger partial charge in [-0.25, -0.2) is 4.39 Å². The van der Waals surface area contributed by atoms with Crippen molar-refractivity contribution in [2.45, 2.75) is 31.9 Å². The molecular formula is C10H17FN2O. The Labute approximate surface area is 83.6 Å². The number of nitrogens with zero attached hydrogens (tertiary/aromatic N) is 2. The fraction of sp³-hybridized carbons (Fsp3) is 1.00. The van der Waals surface area contributed by atoms with Crippen LogP contribution in [0.3, 0.4) is 0 Å². The van der Waals surface area contributed by atoms with Gasteiger partial charge >= 0.3 is 0 Å². The van der Waals surface area contributed by atoms with Crippen LogP contribution in [0.1, 0.15) is 25.7 Å². The first-order valence-electron chi connectivity index (χ1n) is 5.40. The predicted molar refractivity (Wildman–Crippen MR) is 52.9 cm³/mol. The van der Waals surface area contributed by atoms with E-state index in [-0.39, 0.29) is 5.41 Å². The average molecular weight is 200 g/mol. The second-order valence-corrected chi connectivity index (χ2v) is 4.74. The lowest BCUT2D eigenvalue weighted by atomic mass is 10.0. The van der Waals surface area contributed by atoms with Crippen LogP contribution in [0.5, 0.6) is 0 Å². The highest BCUT2D eigenvalue weighted by molar-refractivity contribution is 4.97.